The van der Waals surface area contributed by atoms with Crippen LogP contribution in [0.3, 0.4) is 0 Å². The van der Waals surface area contributed by atoms with E-state index in [2.05, 4.69) is 26.0 Å². The van der Waals surface area contributed by atoms with Gasteiger partial charge < -0.3 is 15.2 Å². The monoisotopic (exact) mass is 341 g/mol. The summed E-state index contributed by atoms with van der Waals surface area (Å²) in [5, 5.41) is 13.0. The first kappa shape index (κ1) is 14.7. The van der Waals surface area contributed by atoms with E-state index in [0.717, 1.165) is 0 Å². The third-order valence-electron chi connectivity index (χ3n) is 3.07. The molecule has 0 bridgehead atoms. The number of amides is 1. The SMILES string of the molecule is COC(=O)CC(=O)CC1(O)C(=O)Nc2ccc(Br)cc21. The summed E-state index contributed by atoms with van der Waals surface area (Å²) in [6.45, 7) is 0. The second-order valence-corrected chi connectivity index (χ2v) is 5.39. The molecule has 1 atom stereocenters. The second kappa shape index (κ2) is 5.34. The van der Waals surface area contributed by atoms with Crippen LogP contribution in [0.2, 0.25) is 0 Å². The van der Waals surface area contributed by atoms with Crippen LogP contribution >= 0.6 is 15.9 Å². The van der Waals surface area contributed by atoms with E-state index in [9.17, 15) is 19.5 Å². The van der Waals surface area contributed by atoms with Crippen LogP contribution in [0.15, 0.2) is 22.7 Å². The number of hydrogen-bond donors (Lipinski definition) is 2. The molecule has 7 heteroatoms. The third kappa shape index (κ3) is 2.59. The lowest BCUT2D eigenvalue weighted by molar-refractivity contribution is -0.147. The van der Waals surface area contributed by atoms with Crippen LogP contribution in [-0.4, -0.2) is 29.9 Å². The lowest BCUT2D eigenvalue weighted by Gasteiger charge is -2.19. The molecule has 0 aliphatic carbocycles. The number of halogens is 1. The van der Waals surface area contributed by atoms with E-state index in [1.165, 1.54) is 7.11 Å². The highest BCUT2D eigenvalue weighted by Crippen LogP contribution is 2.40. The summed E-state index contributed by atoms with van der Waals surface area (Å²) in [6.07, 6.45) is -0.952. The lowest BCUT2D eigenvalue weighted by atomic mass is 9.89. The molecule has 0 radical (unpaired) electrons. The van der Waals surface area contributed by atoms with Crippen molar-refractivity contribution < 1.29 is 24.2 Å². The zero-order chi connectivity index (χ0) is 14.9. The Balaban J connectivity index is 2.26. The molecule has 0 fully saturated rings. The molecule has 1 amide bonds. The van der Waals surface area contributed by atoms with Crippen LogP contribution < -0.4 is 5.32 Å². The summed E-state index contributed by atoms with van der Waals surface area (Å²) in [7, 11) is 1.17. The number of methoxy groups -OCH3 is 1. The molecule has 2 N–H and O–H groups in total. The van der Waals surface area contributed by atoms with Crippen molar-refractivity contribution in [3.63, 3.8) is 0 Å². The first-order valence-electron chi connectivity index (χ1n) is 5.79. The zero-order valence-electron chi connectivity index (χ0n) is 10.6. The van der Waals surface area contributed by atoms with Crippen LogP contribution in [0.1, 0.15) is 18.4 Å². The molecule has 2 rings (SSSR count). The predicted molar refractivity (Wildman–Crippen MR) is 72.9 cm³/mol. The van der Waals surface area contributed by atoms with E-state index < -0.39 is 36.1 Å². The lowest BCUT2D eigenvalue weighted by Crippen LogP contribution is -2.37. The normalized spacial score (nSPS) is 20.2. The van der Waals surface area contributed by atoms with Crippen LogP contribution in [-0.2, 0) is 24.7 Å². The molecule has 0 saturated carbocycles. The number of nitrogens with one attached hydrogen (secondary N) is 1. The Morgan fingerprint density at radius 1 is 1.45 bits per heavy atom. The summed E-state index contributed by atoms with van der Waals surface area (Å²) in [5.74, 6) is -1.95. The molecule has 106 valence electrons. The Hall–Kier alpha value is -1.73. The van der Waals surface area contributed by atoms with E-state index in [1.54, 1.807) is 18.2 Å². The molecular weight excluding hydrogens is 330 g/mol. The van der Waals surface area contributed by atoms with Crippen LogP contribution in [0.25, 0.3) is 0 Å². The first-order chi connectivity index (χ1) is 9.36. The number of benzene rings is 1. The Morgan fingerprint density at radius 2 is 2.15 bits per heavy atom. The molecule has 1 aliphatic rings. The highest BCUT2D eigenvalue weighted by atomic mass is 79.9. The quantitative estimate of drug-likeness (QED) is 0.632. The molecule has 20 heavy (non-hydrogen) atoms. The number of carbonyl (C=O) groups excluding carboxylic acids is 3. The topological polar surface area (TPSA) is 92.7 Å². The number of rotatable bonds is 4. The minimum atomic E-state index is -1.95. The van der Waals surface area contributed by atoms with Crippen LogP contribution in [0.5, 0.6) is 0 Å². The van der Waals surface area contributed by atoms with Gasteiger partial charge in [0.15, 0.2) is 5.60 Å². The van der Waals surface area contributed by atoms with Gasteiger partial charge in [-0.3, -0.25) is 14.4 Å². The van der Waals surface area contributed by atoms with Gasteiger partial charge in [-0.25, -0.2) is 0 Å². The van der Waals surface area contributed by atoms with Gasteiger partial charge in [0.05, 0.1) is 7.11 Å². The van der Waals surface area contributed by atoms with E-state index in [0.29, 0.717) is 15.7 Å². The molecule has 0 aromatic heterocycles. The number of fused-ring (bicyclic) bond motifs is 1. The summed E-state index contributed by atoms with van der Waals surface area (Å²) in [4.78, 5) is 34.7. The minimum absolute atomic E-state index is 0.315. The van der Waals surface area contributed by atoms with Crippen molar-refractivity contribution in [1.29, 1.82) is 0 Å². The molecule has 1 aliphatic heterocycles. The molecule has 0 saturated heterocycles. The molecule has 1 unspecified atom stereocenters. The number of hydrogen-bond acceptors (Lipinski definition) is 5. The summed E-state index contributed by atoms with van der Waals surface area (Å²) < 4.78 is 5.06. The Bertz CT molecular complexity index is 600. The molecule has 0 spiro atoms. The Morgan fingerprint density at radius 3 is 2.80 bits per heavy atom. The summed E-state index contributed by atoms with van der Waals surface area (Å²) in [5.41, 5.74) is -1.19. The number of carbonyl (C=O) groups is 3. The molecule has 6 nitrogen and oxygen atoms in total. The maximum absolute atomic E-state index is 11.9. The molecule has 1 heterocycles. The summed E-state index contributed by atoms with van der Waals surface area (Å²) >= 11 is 3.24. The van der Waals surface area contributed by atoms with E-state index in [-0.39, 0.29) is 0 Å². The number of aliphatic hydroxyl groups is 1. The highest BCUT2D eigenvalue weighted by molar-refractivity contribution is 9.10. The van der Waals surface area contributed by atoms with Gasteiger partial charge in [0.25, 0.3) is 5.91 Å². The summed E-state index contributed by atoms with van der Waals surface area (Å²) in [6, 6.07) is 4.90. The minimum Gasteiger partial charge on any atom is -0.469 e. The maximum atomic E-state index is 11.9. The fraction of sp³-hybridized carbons (Fsp3) is 0.308. The Labute approximate surface area is 123 Å². The molecule has 1 aromatic carbocycles. The van der Waals surface area contributed by atoms with Gasteiger partial charge in [-0.1, -0.05) is 15.9 Å². The Kier molecular flexibility index (Phi) is 3.92. The van der Waals surface area contributed by atoms with E-state index >= 15 is 0 Å². The number of ether oxygens (including phenoxy) is 1. The van der Waals surface area contributed by atoms with Crippen molar-refractivity contribution in [3.8, 4) is 0 Å². The van der Waals surface area contributed by atoms with Gasteiger partial charge in [-0.2, -0.15) is 0 Å². The van der Waals surface area contributed by atoms with Crippen LogP contribution in [0, 0.1) is 0 Å². The fourth-order valence-electron chi connectivity index (χ4n) is 2.07. The number of esters is 1. The van der Waals surface area contributed by atoms with Crippen molar-refractivity contribution >= 4 is 39.3 Å². The van der Waals surface area contributed by atoms with Gasteiger partial charge in [0, 0.05) is 22.1 Å². The average Bonchev–Trinajstić information content (AvgIpc) is 2.62. The van der Waals surface area contributed by atoms with Crippen molar-refractivity contribution in [2.24, 2.45) is 0 Å². The molecular formula is C13H12BrNO5. The smallest absolute Gasteiger partial charge is 0.313 e. The highest BCUT2D eigenvalue weighted by Gasteiger charge is 2.46. The average molecular weight is 342 g/mol. The van der Waals surface area contributed by atoms with Gasteiger partial charge in [-0.15, -0.1) is 0 Å². The van der Waals surface area contributed by atoms with E-state index in [1.807, 2.05) is 0 Å². The largest absolute Gasteiger partial charge is 0.469 e. The molecule has 1 aromatic rings. The van der Waals surface area contributed by atoms with Gasteiger partial charge >= 0.3 is 5.97 Å². The number of Topliss-reactive ketones (excluding diaryl/α,β-unsaturated/α-hetero) is 1. The van der Waals surface area contributed by atoms with Crippen molar-refractivity contribution in [3.05, 3.63) is 28.2 Å². The first-order valence-corrected chi connectivity index (χ1v) is 6.58. The second-order valence-electron chi connectivity index (χ2n) is 4.47. The number of ketones is 1. The van der Waals surface area contributed by atoms with Crippen molar-refractivity contribution in [2.45, 2.75) is 18.4 Å². The van der Waals surface area contributed by atoms with Gasteiger partial charge in [0.2, 0.25) is 0 Å². The predicted octanol–water partition coefficient (Wildman–Crippen LogP) is 1.11. The third-order valence-corrected chi connectivity index (χ3v) is 3.57. The standard InChI is InChI=1S/C13H12BrNO5/c1-20-11(17)5-8(16)6-13(19)9-4-7(14)2-3-10(9)15-12(13)18/h2-4,19H,5-6H2,1H3,(H,15,18). The van der Waals surface area contributed by atoms with Crippen molar-refractivity contribution in [2.75, 3.05) is 12.4 Å². The van der Waals surface area contributed by atoms with Gasteiger partial charge in [-0.05, 0) is 18.2 Å². The van der Waals surface area contributed by atoms with Crippen LogP contribution in [0.4, 0.5) is 5.69 Å². The van der Waals surface area contributed by atoms with Crippen molar-refractivity contribution in [1.82, 2.24) is 0 Å². The number of anilines is 1. The van der Waals surface area contributed by atoms with Gasteiger partial charge in [0.1, 0.15) is 12.2 Å². The fourth-order valence-corrected chi connectivity index (χ4v) is 2.43. The maximum Gasteiger partial charge on any atom is 0.313 e. The zero-order valence-corrected chi connectivity index (χ0v) is 12.2. The van der Waals surface area contributed by atoms with E-state index in [4.69, 9.17) is 0 Å².